The zero-order valence-electron chi connectivity index (χ0n) is 7.23. The highest BCUT2D eigenvalue weighted by atomic mass is 79.9. The SMILES string of the molecule is COc1ccc(Br)cc1S(N)(=O)=O.Cl. The summed E-state index contributed by atoms with van der Waals surface area (Å²) in [6.07, 6.45) is 0. The number of hydrogen-bond acceptors (Lipinski definition) is 3. The summed E-state index contributed by atoms with van der Waals surface area (Å²) < 4.78 is 27.6. The molecule has 1 aromatic rings. The van der Waals surface area contributed by atoms with E-state index in [1.54, 1.807) is 6.07 Å². The van der Waals surface area contributed by atoms with Crippen molar-refractivity contribution in [1.29, 1.82) is 0 Å². The zero-order chi connectivity index (χ0) is 10.1. The first-order valence-electron chi connectivity index (χ1n) is 3.31. The fourth-order valence-corrected chi connectivity index (χ4v) is 2.11. The predicted octanol–water partition coefficient (Wildman–Crippen LogP) is 1.53. The number of primary sulfonamides is 1. The largest absolute Gasteiger partial charge is 0.495 e. The number of rotatable bonds is 2. The van der Waals surface area contributed by atoms with Gasteiger partial charge in [-0.2, -0.15) is 0 Å². The number of nitrogens with two attached hydrogens (primary N) is 1. The van der Waals surface area contributed by atoms with Gasteiger partial charge in [0, 0.05) is 4.47 Å². The standard InChI is InChI=1S/C7H8BrNO3S.ClH/c1-12-6-3-2-5(8)4-7(6)13(9,10)11;/h2-4H,1H3,(H2,9,10,11);1H. The van der Waals surface area contributed by atoms with Crippen molar-refractivity contribution in [1.82, 2.24) is 0 Å². The Morgan fingerprint density at radius 1 is 1.43 bits per heavy atom. The van der Waals surface area contributed by atoms with Gasteiger partial charge >= 0.3 is 0 Å². The second kappa shape index (κ2) is 4.97. The van der Waals surface area contributed by atoms with Gasteiger partial charge in [-0.05, 0) is 18.2 Å². The maximum atomic E-state index is 11.0. The monoisotopic (exact) mass is 301 g/mol. The van der Waals surface area contributed by atoms with Crippen LogP contribution in [0.4, 0.5) is 0 Å². The summed E-state index contributed by atoms with van der Waals surface area (Å²) in [5, 5.41) is 4.97. The highest BCUT2D eigenvalue weighted by molar-refractivity contribution is 9.10. The van der Waals surface area contributed by atoms with Crippen LogP contribution >= 0.6 is 28.3 Å². The third-order valence-corrected chi connectivity index (χ3v) is 2.86. The molecule has 1 aromatic carbocycles. The molecule has 0 radical (unpaired) electrons. The number of ether oxygens (including phenoxy) is 1. The molecule has 0 fully saturated rings. The predicted molar refractivity (Wildman–Crippen MR) is 59.3 cm³/mol. The van der Waals surface area contributed by atoms with E-state index in [0.29, 0.717) is 4.47 Å². The van der Waals surface area contributed by atoms with Gasteiger partial charge in [0.2, 0.25) is 10.0 Å². The first kappa shape index (κ1) is 13.7. The third kappa shape index (κ3) is 3.13. The van der Waals surface area contributed by atoms with Crippen molar-refractivity contribution in [3.05, 3.63) is 22.7 Å². The van der Waals surface area contributed by atoms with E-state index in [1.165, 1.54) is 19.2 Å². The Morgan fingerprint density at radius 2 is 2.00 bits per heavy atom. The van der Waals surface area contributed by atoms with E-state index in [2.05, 4.69) is 15.9 Å². The maximum Gasteiger partial charge on any atom is 0.241 e. The van der Waals surface area contributed by atoms with E-state index < -0.39 is 10.0 Å². The van der Waals surface area contributed by atoms with Gasteiger partial charge in [0.15, 0.2) is 0 Å². The summed E-state index contributed by atoms with van der Waals surface area (Å²) in [4.78, 5) is -0.0237. The lowest BCUT2D eigenvalue weighted by Crippen LogP contribution is -2.13. The molecule has 0 aliphatic rings. The van der Waals surface area contributed by atoms with Crippen LogP contribution in [-0.2, 0) is 10.0 Å². The molecule has 0 aromatic heterocycles. The number of sulfonamides is 1. The van der Waals surface area contributed by atoms with Crippen molar-refractivity contribution >= 4 is 38.4 Å². The van der Waals surface area contributed by atoms with E-state index in [9.17, 15) is 8.42 Å². The van der Waals surface area contributed by atoms with Gasteiger partial charge < -0.3 is 4.74 Å². The summed E-state index contributed by atoms with van der Waals surface area (Å²) in [6, 6.07) is 4.60. The molecular formula is C7H9BrClNO3S. The number of benzene rings is 1. The Hall–Kier alpha value is -0.300. The molecule has 0 heterocycles. The Morgan fingerprint density at radius 3 is 2.43 bits per heavy atom. The summed E-state index contributed by atoms with van der Waals surface area (Å²) in [5.74, 6) is 0.241. The average molecular weight is 303 g/mol. The van der Waals surface area contributed by atoms with E-state index in [0.717, 1.165) is 0 Å². The lowest BCUT2D eigenvalue weighted by Gasteiger charge is -2.05. The second-order valence-electron chi connectivity index (χ2n) is 2.34. The summed E-state index contributed by atoms with van der Waals surface area (Å²) >= 11 is 3.14. The van der Waals surface area contributed by atoms with Gasteiger partial charge in [-0.15, -0.1) is 12.4 Å². The first-order chi connectivity index (χ1) is 5.95. The summed E-state index contributed by atoms with van der Waals surface area (Å²) in [7, 11) is -2.34. The molecule has 7 heteroatoms. The molecule has 1 rings (SSSR count). The zero-order valence-corrected chi connectivity index (χ0v) is 10.4. The van der Waals surface area contributed by atoms with Crippen LogP contribution in [0.25, 0.3) is 0 Å². The van der Waals surface area contributed by atoms with Crippen molar-refractivity contribution < 1.29 is 13.2 Å². The van der Waals surface area contributed by atoms with E-state index in [1.807, 2.05) is 0 Å². The summed E-state index contributed by atoms with van der Waals surface area (Å²) in [6.45, 7) is 0. The fraction of sp³-hybridized carbons (Fsp3) is 0.143. The molecule has 0 spiro atoms. The van der Waals surface area contributed by atoms with Crippen LogP contribution in [0, 0.1) is 0 Å². The molecule has 14 heavy (non-hydrogen) atoms. The third-order valence-electron chi connectivity index (χ3n) is 1.43. The molecule has 0 atom stereocenters. The quantitative estimate of drug-likeness (QED) is 0.900. The topological polar surface area (TPSA) is 69.4 Å². The maximum absolute atomic E-state index is 11.0. The molecule has 0 aliphatic heterocycles. The Labute approximate surface area is 97.0 Å². The van der Waals surface area contributed by atoms with Crippen LogP contribution in [0.5, 0.6) is 5.75 Å². The second-order valence-corrected chi connectivity index (χ2v) is 4.79. The lowest BCUT2D eigenvalue weighted by molar-refractivity contribution is 0.402. The van der Waals surface area contributed by atoms with Crippen LogP contribution in [-0.4, -0.2) is 15.5 Å². The number of hydrogen-bond donors (Lipinski definition) is 1. The molecule has 0 unspecified atom stereocenters. The molecule has 0 aliphatic carbocycles. The van der Waals surface area contributed by atoms with E-state index in [4.69, 9.17) is 9.88 Å². The Kier molecular flexibility index (Phi) is 4.87. The molecule has 80 valence electrons. The molecular weight excluding hydrogens is 294 g/mol. The average Bonchev–Trinajstić information content (AvgIpc) is 2.03. The minimum Gasteiger partial charge on any atom is -0.495 e. The minimum absolute atomic E-state index is 0. The van der Waals surface area contributed by atoms with Crippen molar-refractivity contribution in [3.8, 4) is 5.75 Å². The van der Waals surface area contributed by atoms with Crippen LogP contribution in [0.1, 0.15) is 0 Å². The van der Waals surface area contributed by atoms with E-state index >= 15 is 0 Å². The van der Waals surface area contributed by atoms with Gasteiger partial charge in [-0.25, -0.2) is 13.6 Å². The highest BCUT2D eigenvalue weighted by Crippen LogP contribution is 2.25. The van der Waals surface area contributed by atoms with Gasteiger partial charge in [-0.3, -0.25) is 0 Å². The normalized spacial score (nSPS) is 10.5. The smallest absolute Gasteiger partial charge is 0.241 e. The number of methoxy groups -OCH3 is 1. The molecule has 0 amide bonds. The fourth-order valence-electron chi connectivity index (χ4n) is 0.873. The van der Waals surface area contributed by atoms with Gasteiger partial charge in [0.1, 0.15) is 10.6 Å². The van der Waals surface area contributed by atoms with Crippen LogP contribution < -0.4 is 9.88 Å². The molecule has 2 N–H and O–H groups in total. The number of halogens is 2. The van der Waals surface area contributed by atoms with Gasteiger partial charge in [0.05, 0.1) is 7.11 Å². The van der Waals surface area contributed by atoms with E-state index in [-0.39, 0.29) is 23.1 Å². The Bertz CT molecular complexity index is 421. The minimum atomic E-state index is -3.72. The highest BCUT2D eigenvalue weighted by Gasteiger charge is 2.14. The molecule has 0 saturated heterocycles. The van der Waals surface area contributed by atoms with Crippen LogP contribution in [0.15, 0.2) is 27.6 Å². The molecule has 4 nitrogen and oxygen atoms in total. The molecule has 0 bridgehead atoms. The van der Waals surface area contributed by atoms with Gasteiger partial charge in [-0.1, -0.05) is 15.9 Å². The van der Waals surface area contributed by atoms with Gasteiger partial charge in [0.25, 0.3) is 0 Å². The van der Waals surface area contributed by atoms with Crippen LogP contribution in [0.2, 0.25) is 0 Å². The first-order valence-corrected chi connectivity index (χ1v) is 5.65. The van der Waals surface area contributed by atoms with Crippen molar-refractivity contribution in [2.45, 2.75) is 4.90 Å². The van der Waals surface area contributed by atoms with Crippen molar-refractivity contribution in [2.75, 3.05) is 7.11 Å². The molecule has 0 saturated carbocycles. The van der Waals surface area contributed by atoms with Crippen molar-refractivity contribution in [3.63, 3.8) is 0 Å². The van der Waals surface area contributed by atoms with Crippen LogP contribution in [0.3, 0.4) is 0 Å². The summed E-state index contributed by atoms with van der Waals surface area (Å²) in [5.41, 5.74) is 0. The Balaban J connectivity index is 0.00000169. The van der Waals surface area contributed by atoms with Crippen molar-refractivity contribution in [2.24, 2.45) is 5.14 Å². The lowest BCUT2D eigenvalue weighted by atomic mass is 10.3.